The highest BCUT2D eigenvalue weighted by molar-refractivity contribution is 9.10. The minimum Gasteiger partial charge on any atom is -0.419 e. The molecule has 0 saturated carbocycles. The third kappa shape index (κ3) is 3.26. The summed E-state index contributed by atoms with van der Waals surface area (Å²) in [5, 5.41) is 8.24. The lowest BCUT2D eigenvalue weighted by atomic mass is 10.1. The van der Waals surface area contributed by atoms with E-state index in [1.54, 1.807) is 0 Å². The van der Waals surface area contributed by atoms with Crippen molar-refractivity contribution in [3.05, 3.63) is 34.6 Å². The van der Waals surface area contributed by atoms with E-state index in [-0.39, 0.29) is 0 Å². The van der Waals surface area contributed by atoms with Crippen molar-refractivity contribution in [3.8, 4) is 11.5 Å². The predicted octanol–water partition coefficient (Wildman–Crippen LogP) is 2.42. The third-order valence-electron chi connectivity index (χ3n) is 3.55. The van der Waals surface area contributed by atoms with Crippen LogP contribution < -0.4 is 5.73 Å². The fourth-order valence-electron chi connectivity index (χ4n) is 2.33. The lowest BCUT2D eigenvalue weighted by Crippen LogP contribution is -2.39. The summed E-state index contributed by atoms with van der Waals surface area (Å²) in [6.45, 7) is 2.70. The molecule has 20 heavy (non-hydrogen) atoms. The molecule has 6 heteroatoms. The topological polar surface area (TPSA) is 68.2 Å². The molecular weight excluding hydrogens is 320 g/mol. The molecule has 3 rings (SSSR count). The maximum absolute atomic E-state index is 5.90. The monoisotopic (exact) mass is 336 g/mol. The number of nitrogens with two attached hydrogens (primary N) is 1. The molecule has 0 radical (unpaired) electrons. The molecule has 0 amide bonds. The van der Waals surface area contributed by atoms with Gasteiger partial charge in [0.1, 0.15) is 0 Å². The maximum atomic E-state index is 5.90. The van der Waals surface area contributed by atoms with Crippen LogP contribution >= 0.6 is 15.9 Å². The summed E-state index contributed by atoms with van der Waals surface area (Å²) in [5.41, 5.74) is 6.84. The molecule has 0 spiro atoms. The second-order valence-corrected chi connectivity index (χ2v) is 6.04. The first-order valence-corrected chi connectivity index (χ1v) is 7.56. The summed E-state index contributed by atoms with van der Waals surface area (Å²) in [4.78, 5) is 2.31. The average Bonchev–Trinajstić information content (AvgIpc) is 2.91. The van der Waals surface area contributed by atoms with Gasteiger partial charge in [-0.1, -0.05) is 15.9 Å². The molecule has 1 aliphatic heterocycles. The Morgan fingerprint density at radius 1 is 1.20 bits per heavy atom. The molecule has 0 aliphatic carbocycles. The van der Waals surface area contributed by atoms with Crippen molar-refractivity contribution >= 4 is 15.9 Å². The largest absolute Gasteiger partial charge is 0.419 e. The Hall–Kier alpha value is -1.24. The highest BCUT2D eigenvalue weighted by atomic mass is 79.9. The minimum absolute atomic E-state index is 0.340. The number of piperidine rings is 1. The van der Waals surface area contributed by atoms with E-state index in [0.717, 1.165) is 36.0 Å². The average molecular weight is 337 g/mol. The summed E-state index contributed by atoms with van der Waals surface area (Å²) in [5.74, 6) is 1.24. The maximum Gasteiger partial charge on any atom is 0.247 e. The molecule has 1 aromatic carbocycles. The van der Waals surface area contributed by atoms with Crippen LogP contribution in [0.3, 0.4) is 0 Å². The number of aromatic nitrogens is 2. The van der Waals surface area contributed by atoms with Gasteiger partial charge < -0.3 is 10.2 Å². The molecule has 2 heterocycles. The van der Waals surface area contributed by atoms with Crippen LogP contribution in [0.2, 0.25) is 0 Å². The fourth-order valence-corrected chi connectivity index (χ4v) is 2.59. The van der Waals surface area contributed by atoms with E-state index in [9.17, 15) is 0 Å². The molecule has 1 aromatic heterocycles. The smallest absolute Gasteiger partial charge is 0.247 e. The number of benzene rings is 1. The Morgan fingerprint density at radius 3 is 2.60 bits per heavy atom. The van der Waals surface area contributed by atoms with Crippen LogP contribution in [0.5, 0.6) is 0 Å². The molecule has 1 aliphatic rings. The molecule has 5 nitrogen and oxygen atoms in total. The Morgan fingerprint density at radius 2 is 1.90 bits per heavy atom. The molecule has 2 N–H and O–H groups in total. The highest BCUT2D eigenvalue weighted by Crippen LogP contribution is 2.21. The summed E-state index contributed by atoms with van der Waals surface area (Å²) in [6, 6.07) is 8.19. The summed E-state index contributed by atoms with van der Waals surface area (Å²) in [7, 11) is 0. The van der Waals surface area contributed by atoms with Crippen molar-refractivity contribution in [2.75, 3.05) is 13.1 Å². The first kappa shape index (κ1) is 13.7. The third-order valence-corrected chi connectivity index (χ3v) is 4.08. The number of rotatable bonds is 3. The van der Waals surface area contributed by atoms with Gasteiger partial charge in [0.15, 0.2) is 0 Å². The van der Waals surface area contributed by atoms with Crippen LogP contribution in [-0.2, 0) is 6.54 Å². The van der Waals surface area contributed by atoms with Crippen LogP contribution in [0.15, 0.2) is 33.2 Å². The highest BCUT2D eigenvalue weighted by Gasteiger charge is 2.18. The summed E-state index contributed by atoms with van der Waals surface area (Å²) in [6.07, 6.45) is 2.07. The van der Waals surface area contributed by atoms with E-state index in [1.807, 2.05) is 24.3 Å². The molecule has 2 aromatic rings. The van der Waals surface area contributed by atoms with Gasteiger partial charge in [0, 0.05) is 29.2 Å². The van der Waals surface area contributed by atoms with Crippen molar-refractivity contribution in [3.63, 3.8) is 0 Å². The zero-order chi connectivity index (χ0) is 13.9. The number of nitrogens with zero attached hydrogens (tertiary/aromatic N) is 3. The molecule has 106 valence electrons. The first-order chi connectivity index (χ1) is 9.70. The lowest BCUT2D eigenvalue weighted by molar-refractivity contribution is 0.189. The van der Waals surface area contributed by atoms with Gasteiger partial charge in [-0.2, -0.15) is 0 Å². The second-order valence-electron chi connectivity index (χ2n) is 5.12. The Labute approximate surface area is 126 Å². The van der Waals surface area contributed by atoms with E-state index < -0.39 is 0 Å². The molecule has 0 bridgehead atoms. The molecule has 0 atom stereocenters. The second kappa shape index (κ2) is 6.03. The van der Waals surface area contributed by atoms with Crippen LogP contribution in [0.1, 0.15) is 18.7 Å². The van der Waals surface area contributed by atoms with Crippen LogP contribution in [-0.4, -0.2) is 34.2 Å². The minimum atomic E-state index is 0.340. The number of hydrogen-bond acceptors (Lipinski definition) is 5. The Bertz CT molecular complexity index is 561. The number of halogens is 1. The predicted molar refractivity (Wildman–Crippen MR) is 79.9 cm³/mol. The van der Waals surface area contributed by atoms with E-state index >= 15 is 0 Å². The van der Waals surface area contributed by atoms with Gasteiger partial charge in [0.05, 0.1) is 6.54 Å². The van der Waals surface area contributed by atoms with Gasteiger partial charge >= 0.3 is 0 Å². The van der Waals surface area contributed by atoms with Crippen molar-refractivity contribution in [2.24, 2.45) is 5.73 Å². The van der Waals surface area contributed by atoms with Crippen LogP contribution in [0, 0.1) is 0 Å². The van der Waals surface area contributed by atoms with Crippen molar-refractivity contribution in [2.45, 2.75) is 25.4 Å². The molecule has 0 unspecified atom stereocenters. The Balaban J connectivity index is 1.66. The summed E-state index contributed by atoms with van der Waals surface area (Å²) < 4.78 is 6.76. The van der Waals surface area contributed by atoms with Gasteiger partial charge in [-0.05, 0) is 37.1 Å². The van der Waals surface area contributed by atoms with E-state index in [0.29, 0.717) is 24.4 Å². The van der Waals surface area contributed by atoms with E-state index in [1.165, 1.54) is 0 Å². The zero-order valence-electron chi connectivity index (χ0n) is 11.1. The van der Waals surface area contributed by atoms with Gasteiger partial charge in [-0.15, -0.1) is 10.2 Å². The lowest BCUT2D eigenvalue weighted by Gasteiger charge is -2.28. The number of likely N-dealkylation sites (tertiary alicyclic amines) is 1. The Kier molecular flexibility index (Phi) is 4.14. The molecule has 1 fully saturated rings. The normalized spacial score (nSPS) is 17.5. The van der Waals surface area contributed by atoms with E-state index in [2.05, 4.69) is 31.0 Å². The first-order valence-electron chi connectivity index (χ1n) is 6.77. The van der Waals surface area contributed by atoms with Crippen molar-refractivity contribution < 1.29 is 4.42 Å². The zero-order valence-corrected chi connectivity index (χ0v) is 12.7. The van der Waals surface area contributed by atoms with Gasteiger partial charge in [-0.3, -0.25) is 4.90 Å². The quantitative estimate of drug-likeness (QED) is 0.932. The summed E-state index contributed by atoms with van der Waals surface area (Å²) >= 11 is 3.41. The van der Waals surface area contributed by atoms with Crippen LogP contribution in [0.4, 0.5) is 0 Å². The number of hydrogen-bond donors (Lipinski definition) is 1. The van der Waals surface area contributed by atoms with Crippen LogP contribution in [0.25, 0.3) is 11.5 Å². The van der Waals surface area contributed by atoms with Gasteiger partial charge in [0.25, 0.3) is 0 Å². The van der Waals surface area contributed by atoms with Gasteiger partial charge in [-0.25, -0.2) is 0 Å². The fraction of sp³-hybridized carbons (Fsp3) is 0.429. The van der Waals surface area contributed by atoms with Crippen molar-refractivity contribution in [1.29, 1.82) is 0 Å². The molecule has 1 saturated heterocycles. The molecular formula is C14H17BrN4O. The van der Waals surface area contributed by atoms with Gasteiger partial charge in [0.2, 0.25) is 11.8 Å². The SMILES string of the molecule is NC1CCN(Cc2nnc(-c3ccc(Br)cc3)o2)CC1. The standard InChI is InChI=1S/C14H17BrN4O/c15-11-3-1-10(2-4-11)14-18-17-13(20-14)9-19-7-5-12(16)6-8-19/h1-4,12H,5-9,16H2. The van der Waals surface area contributed by atoms with Crippen molar-refractivity contribution in [1.82, 2.24) is 15.1 Å². The van der Waals surface area contributed by atoms with E-state index in [4.69, 9.17) is 10.2 Å².